The lowest BCUT2D eigenvalue weighted by atomic mass is 10.1. The van der Waals surface area contributed by atoms with Gasteiger partial charge in [0.1, 0.15) is 0 Å². The van der Waals surface area contributed by atoms with Gasteiger partial charge in [-0.05, 0) is 30.5 Å². The molecule has 2 rings (SSSR count). The fraction of sp³-hybridized carbons (Fsp3) is 0.429. The van der Waals surface area contributed by atoms with Gasteiger partial charge in [0.25, 0.3) is 0 Å². The van der Waals surface area contributed by atoms with Crippen molar-refractivity contribution < 1.29 is 4.79 Å². The van der Waals surface area contributed by atoms with Crippen molar-refractivity contribution in [3.63, 3.8) is 0 Å². The van der Waals surface area contributed by atoms with Crippen molar-refractivity contribution in [3.8, 4) is 6.07 Å². The van der Waals surface area contributed by atoms with Crippen LogP contribution in [0.5, 0.6) is 0 Å². The third kappa shape index (κ3) is 2.45. The van der Waals surface area contributed by atoms with E-state index < -0.39 is 0 Å². The maximum atomic E-state index is 11.9. The minimum atomic E-state index is 0.0678. The van der Waals surface area contributed by atoms with E-state index in [0.29, 0.717) is 24.6 Å². The van der Waals surface area contributed by atoms with E-state index in [-0.39, 0.29) is 5.91 Å². The highest BCUT2D eigenvalue weighted by atomic mass is 16.2. The van der Waals surface area contributed by atoms with E-state index in [9.17, 15) is 4.79 Å². The zero-order valence-corrected chi connectivity index (χ0v) is 10.7. The van der Waals surface area contributed by atoms with Gasteiger partial charge in [0.15, 0.2) is 0 Å². The third-order valence-electron chi connectivity index (χ3n) is 3.08. The van der Waals surface area contributed by atoms with Crippen molar-refractivity contribution in [1.29, 1.82) is 5.26 Å². The van der Waals surface area contributed by atoms with Gasteiger partial charge in [0.05, 0.1) is 29.6 Å². The van der Waals surface area contributed by atoms with Gasteiger partial charge in [-0.2, -0.15) is 5.26 Å². The number of hydrogen-bond donors (Lipinski definition) is 1. The summed E-state index contributed by atoms with van der Waals surface area (Å²) in [6, 6.07) is 7.52. The molecule has 0 aromatic heterocycles. The molecule has 0 atom stereocenters. The number of hydrogen-bond acceptors (Lipinski definition) is 3. The van der Waals surface area contributed by atoms with Crippen LogP contribution in [0.3, 0.4) is 0 Å². The molecule has 94 valence electrons. The van der Waals surface area contributed by atoms with Crippen molar-refractivity contribution in [2.75, 3.05) is 23.3 Å². The number of nitrogens with zero attached hydrogens (tertiary/aromatic N) is 2. The smallest absolute Gasteiger partial charge is 0.246 e. The van der Waals surface area contributed by atoms with Gasteiger partial charge in [0.2, 0.25) is 5.91 Å². The van der Waals surface area contributed by atoms with Crippen molar-refractivity contribution in [3.05, 3.63) is 23.8 Å². The summed E-state index contributed by atoms with van der Waals surface area (Å²) in [6.45, 7) is 5.32. The molecule has 1 N–H and O–H groups in total. The summed E-state index contributed by atoms with van der Waals surface area (Å²) in [4.78, 5) is 13.7. The number of carbonyl (C=O) groups is 1. The molecule has 4 nitrogen and oxygen atoms in total. The molecule has 0 radical (unpaired) electrons. The Kier molecular flexibility index (Phi) is 3.52. The number of anilines is 2. The van der Waals surface area contributed by atoms with Crippen LogP contribution in [0.25, 0.3) is 0 Å². The Morgan fingerprint density at radius 3 is 2.94 bits per heavy atom. The van der Waals surface area contributed by atoms with Crippen LogP contribution in [-0.4, -0.2) is 19.0 Å². The first kappa shape index (κ1) is 12.4. The van der Waals surface area contributed by atoms with Gasteiger partial charge >= 0.3 is 0 Å². The van der Waals surface area contributed by atoms with Crippen LogP contribution in [0.4, 0.5) is 11.4 Å². The lowest BCUT2D eigenvalue weighted by Crippen LogP contribution is -2.40. The molecule has 1 heterocycles. The number of nitrogens with one attached hydrogen (secondary N) is 1. The molecule has 0 spiro atoms. The van der Waals surface area contributed by atoms with Crippen molar-refractivity contribution in [2.45, 2.75) is 20.3 Å². The fourth-order valence-corrected chi connectivity index (χ4v) is 2.01. The molecule has 18 heavy (non-hydrogen) atoms. The van der Waals surface area contributed by atoms with E-state index in [2.05, 4.69) is 25.2 Å². The first-order chi connectivity index (χ1) is 8.61. The number of rotatable bonds is 3. The van der Waals surface area contributed by atoms with Crippen LogP contribution in [-0.2, 0) is 4.79 Å². The summed E-state index contributed by atoms with van der Waals surface area (Å²) >= 11 is 0. The summed E-state index contributed by atoms with van der Waals surface area (Å²) in [7, 11) is 0. The Hall–Kier alpha value is -2.02. The fourth-order valence-electron chi connectivity index (χ4n) is 2.01. The van der Waals surface area contributed by atoms with Crippen LogP contribution in [0.1, 0.15) is 25.8 Å². The van der Waals surface area contributed by atoms with E-state index in [4.69, 9.17) is 5.26 Å². The van der Waals surface area contributed by atoms with Gasteiger partial charge in [-0.3, -0.25) is 4.79 Å². The van der Waals surface area contributed by atoms with Crippen LogP contribution in [0.2, 0.25) is 0 Å². The average Bonchev–Trinajstić information content (AvgIpc) is 2.36. The Morgan fingerprint density at radius 2 is 2.28 bits per heavy atom. The lowest BCUT2D eigenvalue weighted by molar-refractivity contribution is -0.117. The van der Waals surface area contributed by atoms with E-state index in [1.807, 2.05) is 6.07 Å². The Bertz CT molecular complexity index is 502. The molecule has 0 fully saturated rings. The van der Waals surface area contributed by atoms with Gasteiger partial charge in [0, 0.05) is 6.54 Å². The Labute approximate surface area is 107 Å². The molecule has 1 aliphatic rings. The van der Waals surface area contributed by atoms with Crippen LogP contribution in [0, 0.1) is 17.2 Å². The van der Waals surface area contributed by atoms with E-state index in [1.165, 1.54) is 0 Å². The van der Waals surface area contributed by atoms with Gasteiger partial charge in [-0.1, -0.05) is 13.8 Å². The molecular weight excluding hydrogens is 226 g/mol. The Balaban J connectivity index is 2.30. The van der Waals surface area contributed by atoms with Crippen molar-refractivity contribution in [2.24, 2.45) is 5.92 Å². The molecule has 0 bridgehead atoms. The summed E-state index contributed by atoms with van der Waals surface area (Å²) in [5, 5.41) is 12.0. The van der Waals surface area contributed by atoms with Crippen molar-refractivity contribution >= 4 is 17.3 Å². The molecule has 0 saturated heterocycles. The second-order valence-electron chi connectivity index (χ2n) is 4.93. The Morgan fingerprint density at radius 1 is 1.50 bits per heavy atom. The van der Waals surface area contributed by atoms with E-state index >= 15 is 0 Å². The molecule has 0 aliphatic carbocycles. The van der Waals surface area contributed by atoms with Crippen LogP contribution < -0.4 is 10.2 Å². The molecule has 4 heteroatoms. The maximum absolute atomic E-state index is 11.9. The predicted octanol–water partition coefficient (Wildman–Crippen LogP) is 2.36. The number of benzene rings is 1. The number of fused-ring (bicyclic) bond motifs is 1. The quantitative estimate of drug-likeness (QED) is 0.886. The lowest BCUT2D eigenvalue weighted by Gasteiger charge is -2.30. The number of amides is 1. The number of carbonyl (C=O) groups excluding carboxylic acids is 1. The van der Waals surface area contributed by atoms with E-state index in [1.54, 1.807) is 17.0 Å². The first-order valence-electron chi connectivity index (χ1n) is 6.20. The predicted molar refractivity (Wildman–Crippen MR) is 71.5 cm³/mol. The first-order valence-corrected chi connectivity index (χ1v) is 6.20. The highest BCUT2D eigenvalue weighted by Crippen LogP contribution is 2.30. The zero-order chi connectivity index (χ0) is 13.1. The summed E-state index contributed by atoms with van der Waals surface area (Å²) in [5.41, 5.74) is 2.34. The topological polar surface area (TPSA) is 56.1 Å². The second kappa shape index (κ2) is 5.09. The standard InChI is InChI=1S/C14H17N3O/c1-10(2)5-6-17-13-7-11(8-15)3-4-12(13)16-9-14(17)18/h3-4,7,10,16H,5-6,9H2,1-2H3. The summed E-state index contributed by atoms with van der Waals surface area (Å²) < 4.78 is 0. The molecular formula is C14H17N3O. The normalized spacial score (nSPS) is 14.1. The zero-order valence-electron chi connectivity index (χ0n) is 10.7. The third-order valence-corrected chi connectivity index (χ3v) is 3.08. The SMILES string of the molecule is CC(C)CCN1C(=O)CNc2ccc(C#N)cc21. The maximum Gasteiger partial charge on any atom is 0.246 e. The largest absolute Gasteiger partial charge is 0.374 e. The minimum Gasteiger partial charge on any atom is -0.374 e. The van der Waals surface area contributed by atoms with Gasteiger partial charge in [-0.25, -0.2) is 0 Å². The summed E-state index contributed by atoms with van der Waals surface area (Å²) in [5.74, 6) is 0.619. The average molecular weight is 243 g/mol. The van der Waals surface area contributed by atoms with Crippen molar-refractivity contribution in [1.82, 2.24) is 0 Å². The van der Waals surface area contributed by atoms with Gasteiger partial charge < -0.3 is 10.2 Å². The molecule has 1 aromatic carbocycles. The highest BCUT2D eigenvalue weighted by Gasteiger charge is 2.23. The van der Waals surface area contributed by atoms with Crippen LogP contribution >= 0.6 is 0 Å². The highest BCUT2D eigenvalue weighted by molar-refractivity contribution is 6.02. The molecule has 0 saturated carbocycles. The van der Waals surface area contributed by atoms with Gasteiger partial charge in [-0.15, -0.1) is 0 Å². The molecule has 1 aromatic rings. The van der Waals surface area contributed by atoms with E-state index in [0.717, 1.165) is 17.8 Å². The molecule has 1 amide bonds. The monoisotopic (exact) mass is 243 g/mol. The minimum absolute atomic E-state index is 0.0678. The van der Waals surface area contributed by atoms with Crippen LogP contribution in [0.15, 0.2) is 18.2 Å². The second-order valence-corrected chi connectivity index (χ2v) is 4.93. The summed E-state index contributed by atoms with van der Waals surface area (Å²) in [6.07, 6.45) is 0.960. The number of nitriles is 1. The molecule has 1 aliphatic heterocycles. The molecule has 0 unspecified atom stereocenters.